The Morgan fingerprint density at radius 1 is 1.45 bits per heavy atom. The third-order valence-corrected chi connectivity index (χ3v) is 5.60. The van der Waals surface area contributed by atoms with Gasteiger partial charge in [0.05, 0.1) is 18.2 Å². The van der Waals surface area contributed by atoms with Crippen LogP contribution in [0.3, 0.4) is 0 Å². The number of nitrogens with one attached hydrogen (secondary N) is 2. The zero-order valence-corrected chi connectivity index (χ0v) is 12.9. The van der Waals surface area contributed by atoms with E-state index in [-0.39, 0.29) is 29.0 Å². The van der Waals surface area contributed by atoms with Crippen molar-refractivity contribution in [1.29, 1.82) is 0 Å². The molecule has 9 heteroatoms. The number of aromatic nitrogens is 1. The zero-order chi connectivity index (χ0) is 14.3. The molecule has 0 aliphatic carbocycles. The van der Waals surface area contributed by atoms with Gasteiger partial charge in [0.1, 0.15) is 4.90 Å². The van der Waals surface area contributed by atoms with Gasteiger partial charge in [-0.15, -0.1) is 0 Å². The van der Waals surface area contributed by atoms with Crippen LogP contribution in [0.1, 0.15) is 19.3 Å². The minimum Gasteiger partial charge on any atom is -0.373 e. The highest BCUT2D eigenvalue weighted by Gasteiger charge is 2.42. The third-order valence-electron chi connectivity index (χ3n) is 3.66. The molecule has 2 saturated heterocycles. The van der Waals surface area contributed by atoms with E-state index in [2.05, 4.69) is 31.1 Å². The molecule has 0 saturated carbocycles. The molecule has 4 N–H and O–H groups in total. The molecule has 110 valence electrons. The van der Waals surface area contributed by atoms with E-state index in [1.165, 1.54) is 12.3 Å². The normalized spacial score (nSPS) is 28.8. The van der Waals surface area contributed by atoms with Gasteiger partial charge in [0.25, 0.3) is 0 Å². The summed E-state index contributed by atoms with van der Waals surface area (Å²) in [6.45, 7) is 0. The van der Waals surface area contributed by atoms with Crippen molar-refractivity contribution in [3.8, 4) is 0 Å². The van der Waals surface area contributed by atoms with Gasteiger partial charge < -0.3 is 10.2 Å². The van der Waals surface area contributed by atoms with E-state index < -0.39 is 10.0 Å². The smallest absolute Gasteiger partial charge is 0.244 e. The second kappa shape index (κ2) is 5.23. The minimum atomic E-state index is -3.70. The highest BCUT2D eigenvalue weighted by molar-refractivity contribution is 9.10. The summed E-state index contributed by atoms with van der Waals surface area (Å²) in [6.07, 6.45) is 4.27. The number of nitrogens with zero attached hydrogens (tertiary/aromatic N) is 1. The molecule has 0 radical (unpaired) electrons. The largest absolute Gasteiger partial charge is 0.373 e. The van der Waals surface area contributed by atoms with Gasteiger partial charge >= 0.3 is 0 Å². The lowest BCUT2D eigenvalue weighted by molar-refractivity contribution is 0.0996. The van der Waals surface area contributed by atoms with Crippen LogP contribution in [-0.4, -0.2) is 31.7 Å². The summed E-state index contributed by atoms with van der Waals surface area (Å²) in [5.41, 5.74) is 2.31. The molecule has 1 aromatic heterocycles. The fraction of sp³-hybridized carbons (Fsp3) is 0.545. The molecule has 0 aromatic carbocycles. The van der Waals surface area contributed by atoms with Crippen LogP contribution in [-0.2, 0) is 14.8 Å². The Labute approximate surface area is 125 Å². The number of rotatable bonds is 4. The number of hydrazine groups is 1. The number of ether oxygens (including phenoxy) is 1. The first-order valence-corrected chi connectivity index (χ1v) is 8.57. The maximum Gasteiger partial charge on any atom is 0.244 e. The molecule has 0 spiro atoms. The predicted molar refractivity (Wildman–Crippen MR) is 76.4 cm³/mol. The summed E-state index contributed by atoms with van der Waals surface area (Å²) < 4.78 is 33.9. The molecule has 3 unspecified atom stereocenters. The molecule has 0 amide bonds. The number of nitrogens with two attached hydrogens (primary N) is 1. The van der Waals surface area contributed by atoms with Crippen LogP contribution in [0, 0.1) is 0 Å². The lowest BCUT2D eigenvalue weighted by atomic mass is 9.96. The zero-order valence-electron chi connectivity index (χ0n) is 10.5. The molecule has 3 rings (SSSR count). The molecule has 2 bridgehead atoms. The second-order valence-corrected chi connectivity index (χ2v) is 7.58. The Morgan fingerprint density at radius 2 is 2.25 bits per heavy atom. The van der Waals surface area contributed by atoms with Crippen molar-refractivity contribution < 1.29 is 13.2 Å². The van der Waals surface area contributed by atoms with Gasteiger partial charge in [-0.05, 0) is 41.3 Å². The molecule has 1 aromatic rings. The summed E-state index contributed by atoms with van der Waals surface area (Å²) in [5, 5.41) is 0. The van der Waals surface area contributed by atoms with Crippen molar-refractivity contribution >= 4 is 31.8 Å². The molecule has 3 atom stereocenters. The van der Waals surface area contributed by atoms with Crippen molar-refractivity contribution in [2.45, 2.75) is 42.4 Å². The minimum absolute atomic E-state index is 0.0239. The lowest BCUT2D eigenvalue weighted by Crippen LogP contribution is -2.41. The van der Waals surface area contributed by atoms with Crippen LogP contribution in [0.4, 0.5) is 5.82 Å². The van der Waals surface area contributed by atoms with Crippen molar-refractivity contribution in [2.75, 3.05) is 5.43 Å². The fourth-order valence-corrected chi connectivity index (χ4v) is 4.66. The second-order valence-electron chi connectivity index (χ2n) is 4.98. The van der Waals surface area contributed by atoms with E-state index in [0.29, 0.717) is 4.47 Å². The Hall–Kier alpha value is -0.740. The third kappa shape index (κ3) is 2.56. The molecule has 2 fully saturated rings. The van der Waals surface area contributed by atoms with E-state index in [1.807, 2.05) is 0 Å². The summed E-state index contributed by atoms with van der Waals surface area (Å²) >= 11 is 3.22. The molecule has 2 aliphatic heterocycles. The average Bonchev–Trinajstić information content (AvgIpc) is 3.00. The lowest BCUT2D eigenvalue weighted by Gasteiger charge is -2.20. The number of pyridine rings is 1. The number of hydrogen-bond acceptors (Lipinski definition) is 6. The Morgan fingerprint density at radius 3 is 2.85 bits per heavy atom. The number of fused-ring (bicyclic) bond motifs is 2. The Bertz CT molecular complexity index is 624. The maximum absolute atomic E-state index is 12.5. The van der Waals surface area contributed by atoms with Crippen molar-refractivity contribution in [2.24, 2.45) is 5.84 Å². The number of nitrogen functional groups attached to an aromatic ring is 1. The van der Waals surface area contributed by atoms with Gasteiger partial charge in [0, 0.05) is 10.7 Å². The monoisotopic (exact) mass is 362 g/mol. The van der Waals surface area contributed by atoms with Crippen LogP contribution in [0.25, 0.3) is 0 Å². The molecular weight excluding hydrogens is 348 g/mol. The van der Waals surface area contributed by atoms with Crippen LogP contribution in [0.2, 0.25) is 0 Å². The first-order chi connectivity index (χ1) is 9.49. The summed E-state index contributed by atoms with van der Waals surface area (Å²) in [5.74, 6) is 5.44. The predicted octanol–water partition coefficient (Wildman–Crippen LogP) is 0.728. The Kier molecular flexibility index (Phi) is 3.71. The van der Waals surface area contributed by atoms with Gasteiger partial charge in [-0.25, -0.2) is 24.0 Å². The van der Waals surface area contributed by atoms with Crippen LogP contribution >= 0.6 is 15.9 Å². The maximum atomic E-state index is 12.5. The van der Waals surface area contributed by atoms with Crippen molar-refractivity contribution in [3.05, 3.63) is 16.7 Å². The van der Waals surface area contributed by atoms with E-state index in [1.54, 1.807) is 0 Å². The van der Waals surface area contributed by atoms with E-state index in [0.717, 1.165) is 19.3 Å². The van der Waals surface area contributed by atoms with Gasteiger partial charge in [-0.3, -0.25) is 0 Å². The molecule has 2 aliphatic rings. The number of hydrogen-bond donors (Lipinski definition) is 3. The molecule has 7 nitrogen and oxygen atoms in total. The van der Waals surface area contributed by atoms with E-state index in [9.17, 15) is 8.42 Å². The molecule has 20 heavy (non-hydrogen) atoms. The van der Waals surface area contributed by atoms with Gasteiger partial charge in [-0.1, -0.05) is 0 Å². The van der Waals surface area contributed by atoms with Crippen molar-refractivity contribution in [3.63, 3.8) is 0 Å². The SMILES string of the molecule is NNc1ncc(Br)cc1S(=O)(=O)NC1CC2CCC1O2. The van der Waals surface area contributed by atoms with Crippen LogP contribution < -0.4 is 16.0 Å². The Balaban J connectivity index is 1.86. The van der Waals surface area contributed by atoms with Crippen LogP contribution in [0.5, 0.6) is 0 Å². The van der Waals surface area contributed by atoms with Gasteiger partial charge in [-0.2, -0.15) is 0 Å². The van der Waals surface area contributed by atoms with E-state index in [4.69, 9.17) is 10.6 Å². The highest BCUT2D eigenvalue weighted by Crippen LogP contribution is 2.35. The van der Waals surface area contributed by atoms with Crippen LogP contribution in [0.15, 0.2) is 21.6 Å². The first-order valence-electron chi connectivity index (χ1n) is 6.29. The topological polar surface area (TPSA) is 106 Å². The quantitative estimate of drug-likeness (QED) is 0.538. The van der Waals surface area contributed by atoms with Crippen molar-refractivity contribution in [1.82, 2.24) is 9.71 Å². The average molecular weight is 363 g/mol. The molecule has 3 heterocycles. The van der Waals surface area contributed by atoms with Gasteiger partial charge in [0.2, 0.25) is 10.0 Å². The molecular formula is C11H15BrN4O3S. The number of anilines is 1. The number of halogens is 1. The first kappa shape index (κ1) is 14.2. The van der Waals surface area contributed by atoms with E-state index >= 15 is 0 Å². The summed E-state index contributed by atoms with van der Waals surface area (Å²) in [4.78, 5) is 3.98. The summed E-state index contributed by atoms with van der Waals surface area (Å²) in [6, 6.07) is 1.29. The summed E-state index contributed by atoms with van der Waals surface area (Å²) in [7, 11) is -3.70. The fourth-order valence-electron chi connectivity index (χ4n) is 2.76. The highest BCUT2D eigenvalue weighted by atomic mass is 79.9. The standard InChI is InChI=1S/C11H15BrN4O3S/c12-6-3-10(11(15-13)14-5-6)20(17,18)16-8-4-7-1-2-9(8)19-7/h3,5,7-9,16H,1-2,4,13H2,(H,14,15). The number of sulfonamides is 1. The van der Waals surface area contributed by atoms with Gasteiger partial charge in [0.15, 0.2) is 5.82 Å².